The molecule has 6 aliphatic rings. The van der Waals surface area contributed by atoms with Gasteiger partial charge < -0.3 is 9.80 Å². The number of likely N-dealkylation sites (N-methyl/N-ethyl adjacent to an activating group) is 2. The molecule has 18 rings (SSSR count). The van der Waals surface area contributed by atoms with E-state index in [1.54, 1.807) is 0 Å². The summed E-state index contributed by atoms with van der Waals surface area (Å²) < 4.78 is 5.07. The highest BCUT2D eigenvalue weighted by Gasteiger charge is 2.54. The first-order chi connectivity index (χ1) is 46.4. The van der Waals surface area contributed by atoms with Crippen LogP contribution in [0.4, 0.5) is 22.7 Å². The molecule has 0 saturated carbocycles. The van der Waals surface area contributed by atoms with Crippen LogP contribution in [0.2, 0.25) is 0 Å². The number of nitrogens with zero attached hydrogens (tertiary/aromatic N) is 4. The molecule has 95 heavy (non-hydrogen) atoms. The molecule has 2 atom stereocenters. The Morgan fingerprint density at radius 1 is 0.368 bits per heavy atom. The van der Waals surface area contributed by atoms with Crippen molar-refractivity contribution in [3.63, 3.8) is 0 Å². The van der Waals surface area contributed by atoms with Crippen LogP contribution in [-0.4, -0.2) is 48.8 Å². The molecule has 2 unspecified atom stereocenters. The van der Waals surface area contributed by atoms with E-state index < -0.39 is 0 Å². The summed E-state index contributed by atoms with van der Waals surface area (Å²) in [5.74, 6) is 0. The van der Waals surface area contributed by atoms with Gasteiger partial charge in [0.05, 0.1) is 10.8 Å². The molecule has 0 amide bonds. The Morgan fingerprint density at radius 3 is 1.09 bits per heavy atom. The van der Waals surface area contributed by atoms with E-state index in [0.717, 1.165) is 44.9 Å². The minimum absolute atomic E-state index is 0.179. The van der Waals surface area contributed by atoms with Crippen LogP contribution in [0.15, 0.2) is 291 Å². The normalized spacial score (nSPS) is 20.4. The van der Waals surface area contributed by atoms with E-state index in [0.29, 0.717) is 0 Å². The summed E-state index contributed by atoms with van der Waals surface area (Å²) in [5.41, 5.74) is 26.4. The van der Waals surface area contributed by atoms with E-state index in [1.165, 1.54) is 155 Å². The summed E-state index contributed by atoms with van der Waals surface area (Å²) in [4.78, 5) is 4.99. The maximum Gasteiger partial charge on any atom is 0.210 e. The first-order valence-corrected chi connectivity index (χ1v) is 34.3. The lowest BCUT2D eigenvalue weighted by Gasteiger charge is -2.29. The van der Waals surface area contributed by atoms with Crippen molar-refractivity contribution in [2.24, 2.45) is 0 Å². The monoisotopic (exact) mass is 1230 g/mol. The van der Waals surface area contributed by atoms with Crippen molar-refractivity contribution in [1.82, 2.24) is 0 Å². The summed E-state index contributed by atoms with van der Waals surface area (Å²) in [5, 5.41) is 10.6. The minimum atomic E-state index is -0.350. The van der Waals surface area contributed by atoms with Crippen LogP contribution >= 0.6 is 0 Å². The quantitative estimate of drug-likeness (QED) is 0.127. The minimum Gasteiger partial charge on any atom is -0.347 e. The Morgan fingerprint density at radius 2 is 0.705 bits per heavy atom. The Labute approximate surface area is 558 Å². The van der Waals surface area contributed by atoms with Crippen LogP contribution in [0.25, 0.3) is 43.1 Å². The van der Waals surface area contributed by atoms with Crippen LogP contribution < -0.4 is 9.80 Å². The van der Waals surface area contributed by atoms with Gasteiger partial charge in [-0.05, 0) is 182 Å². The summed E-state index contributed by atoms with van der Waals surface area (Å²) in [6.45, 7) is 5.02. The van der Waals surface area contributed by atoms with Crippen molar-refractivity contribution in [3.8, 4) is 0 Å². The van der Waals surface area contributed by atoms with Crippen molar-refractivity contribution in [1.29, 1.82) is 0 Å². The fourth-order valence-corrected chi connectivity index (χ4v) is 19.5. The molecule has 12 aromatic carbocycles. The third kappa shape index (κ3) is 8.52. The van der Waals surface area contributed by atoms with Crippen LogP contribution in [0.1, 0.15) is 80.6 Å². The van der Waals surface area contributed by atoms with Crippen molar-refractivity contribution in [3.05, 3.63) is 357 Å². The molecule has 4 heteroatoms. The molecule has 2 aliphatic carbocycles. The molecule has 0 fully saturated rings. The van der Waals surface area contributed by atoms with Gasteiger partial charge in [-0.1, -0.05) is 231 Å². The molecule has 0 saturated heterocycles. The molecule has 0 radical (unpaired) electrons. The zero-order chi connectivity index (χ0) is 64.0. The molecule has 0 N–H and O–H groups in total. The van der Waals surface area contributed by atoms with Crippen LogP contribution in [0.5, 0.6) is 0 Å². The van der Waals surface area contributed by atoms with E-state index in [-0.39, 0.29) is 21.7 Å². The maximum atomic E-state index is 2.56. The van der Waals surface area contributed by atoms with Crippen LogP contribution in [-0.2, 0) is 66.6 Å². The fourth-order valence-electron chi connectivity index (χ4n) is 19.5. The lowest BCUT2D eigenvalue weighted by atomic mass is 9.72. The van der Waals surface area contributed by atoms with Crippen molar-refractivity contribution in [2.75, 3.05) is 38.0 Å². The average Bonchev–Trinajstić information content (AvgIpc) is 1.58. The Balaban J connectivity index is 0.762. The van der Waals surface area contributed by atoms with E-state index in [1.807, 2.05) is 0 Å². The Kier molecular flexibility index (Phi) is 13.0. The first-order valence-electron chi connectivity index (χ1n) is 34.3. The van der Waals surface area contributed by atoms with E-state index in [4.69, 9.17) is 0 Å². The predicted molar refractivity (Wildman–Crippen MR) is 398 cm³/mol. The Bertz CT molecular complexity index is 5050. The largest absolute Gasteiger partial charge is 0.347 e. The van der Waals surface area contributed by atoms with Gasteiger partial charge in [0, 0.05) is 83.1 Å². The smallest absolute Gasteiger partial charge is 0.210 e. The first kappa shape index (κ1) is 57.3. The molecule has 12 aromatic rings. The third-order valence-electron chi connectivity index (χ3n) is 23.5. The van der Waals surface area contributed by atoms with Gasteiger partial charge in [0.15, 0.2) is 11.4 Å². The number of rotatable bonds is 10. The van der Waals surface area contributed by atoms with E-state index in [2.05, 4.69) is 340 Å². The SMILES string of the molecule is CN1/C(=C/C=C/C2=[N+](C)c3cc(Cc4cc5c(c6ccccc46)C(C)(Cc4ccccc4)C(/C=C/C=C4/N(C)c6ccc7ccccc7c6C46Cc4ccccc4C6)=[N+]5C)c4ccccc4c3C2(C)Cc2ccccc2)C2(Cc3ccccc3C2)c2c1ccc1ccccc21. The summed E-state index contributed by atoms with van der Waals surface area (Å²) in [6.07, 6.45) is 21.1. The van der Waals surface area contributed by atoms with E-state index in [9.17, 15) is 0 Å². The molecule has 4 aliphatic heterocycles. The molecule has 2 spiro atoms. The fraction of sp³-hybridized carbons (Fsp3) is 0.187. The molecule has 4 nitrogen and oxygen atoms in total. The molecule has 460 valence electrons. The van der Waals surface area contributed by atoms with Crippen molar-refractivity contribution < 1.29 is 9.15 Å². The average molecular weight is 1230 g/mol. The van der Waals surface area contributed by atoms with E-state index >= 15 is 0 Å². The summed E-state index contributed by atoms with van der Waals surface area (Å²) in [7, 11) is 9.24. The van der Waals surface area contributed by atoms with Crippen LogP contribution in [0.3, 0.4) is 0 Å². The van der Waals surface area contributed by atoms with Gasteiger partial charge in [0.1, 0.15) is 14.1 Å². The topological polar surface area (TPSA) is 12.5 Å². The van der Waals surface area contributed by atoms with Gasteiger partial charge in [-0.15, -0.1) is 0 Å². The van der Waals surface area contributed by atoms with Gasteiger partial charge in [0.25, 0.3) is 0 Å². The van der Waals surface area contributed by atoms with Gasteiger partial charge in [0.2, 0.25) is 11.4 Å². The molecule has 4 heterocycles. The molecule has 0 bridgehead atoms. The second-order valence-corrected chi connectivity index (χ2v) is 28.7. The van der Waals surface area contributed by atoms with Crippen LogP contribution in [0, 0.1) is 0 Å². The van der Waals surface area contributed by atoms with Crippen molar-refractivity contribution in [2.45, 2.75) is 80.5 Å². The van der Waals surface area contributed by atoms with Gasteiger partial charge in [-0.2, -0.15) is 9.15 Å². The number of allylic oxidation sites excluding steroid dienone is 8. The molecule has 0 aromatic heterocycles. The third-order valence-corrected chi connectivity index (χ3v) is 23.5. The number of benzene rings is 12. The number of hydrogen-bond acceptors (Lipinski definition) is 2. The summed E-state index contributed by atoms with van der Waals surface area (Å²) >= 11 is 0. The zero-order valence-corrected chi connectivity index (χ0v) is 55.3. The zero-order valence-electron chi connectivity index (χ0n) is 55.3. The van der Waals surface area contributed by atoms with Gasteiger partial charge in [-0.3, -0.25) is 0 Å². The van der Waals surface area contributed by atoms with Gasteiger partial charge >= 0.3 is 0 Å². The highest BCUT2D eigenvalue weighted by Crippen LogP contribution is 2.59. The standard InChI is InChI=1S/C91H78N4/c1-88(54-60-27-9-7-10-28-60)80(43-25-45-82-90(56-64-33-13-14-34-65(64)57-90)86-72-39-19-17-31-62(72)47-49-76(86)92(82)3)94(5)78-52-68(70-37-21-23-41-74(70)84(78)88)51-69-53-79-85(75-42-24-22-38-71(69)75)89(2,55-61-29-11-8-12-30-61)81(95(79)6)44-26-46-83-91(58-66-35-15-16-36-67(66)59-91)87-73-40-20-18-32-63(73)48-50-77(87)93(83)4/h7-50,52-53H,51,54-59H2,1-6H3/q+2. The number of hydrogen-bond donors (Lipinski definition) is 0. The van der Waals surface area contributed by atoms with Gasteiger partial charge in [-0.25, -0.2) is 0 Å². The lowest BCUT2D eigenvalue weighted by molar-refractivity contribution is -0.401. The Hall–Kier alpha value is -10.4. The highest BCUT2D eigenvalue weighted by atomic mass is 15.2. The van der Waals surface area contributed by atoms with Crippen molar-refractivity contribution >= 4 is 77.3 Å². The second-order valence-electron chi connectivity index (χ2n) is 28.7. The molecular formula is C91H78N4+2. The highest BCUT2D eigenvalue weighted by molar-refractivity contribution is 6.11. The predicted octanol–water partition coefficient (Wildman–Crippen LogP) is 19.6. The maximum absolute atomic E-state index is 2.56. The summed E-state index contributed by atoms with van der Waals surface area (Å²) in [6, 6.07) is 91.8. The second kappa shape index (κ2) is 21.6. The number of fused-ring (bicyclic) bond motifs is 16. The lowest BCUT2D eigenvalue weighted by Crippen LogP contribution is -2.33. The number of anilines is 2. The molecular weight excluding hydrogens is 1150 g/mol.